The van der Waals surface area contributed by atoms with E-state index >= 15 is 0 Å². The second kappa shape index (κ2) is 6.89. The number of carbonyl (C=O) groups is 1. The summed E-state index contributed by atoms with van der Waals surface area (Å²) in [6, 6.07) is 5.34. The molecule has 0 spiro atoms. The molecule has 148 valence electrons. The summed E-state index contributed by atoms with van der Waals surface area (Å²) in [7, 11) is -3.55. The molecule has 1 amide bonds. The summed E-state index contributed by atoms with van der Waals surface area (Å²) in [5, 5.41) is 0. The van der Waals surface area contributed by atoms with Crippen molar-refractivity contribution in [2.24, 2.45) is 17.8 Å². The molecule has 1 N–H and O–H groups in total. The van der Waals surface area contributed by atoms with Crippen LogP contribution in [-0.2, 0) is 21.2 Å². The number of amides is 1. The van der Waals surface area contributed by atoms with Crippen LogP contribution in [0.4, 0.5) is 5.69 Å². The van der Waals surface area contributed by atoms with Crippen LogP contribution in [0.15, 0.2) is 23.1 Å². The molecular weight excluding hydrogens is 360 g/mol. The highest BCUT2D eigenvalue weighted by Gasteiger charge is 2.40. The molecule has 2 aliphatic carbocycles. The van der Waals surface area contributed by atoms with Crippen LogP contribution in [0.2, 0.25) is 0 Å². The quantitative estimate of drug-likeness (QED) is 0.856. The van der Waals surface area contributed by atoms with Crippen LogP contribution in [0.1, 0.15) is 58.4 Å². The molecule has 2 saturated carbocycles. The van der Waals surface area contributed by atoms with Gasteiger partial charge in [-0.05, 0) is 68.2 Å². The third kappa shape index (κ3) is 3.54. The van der Waals surface area contributed by atoms with Gasteiger partial charge in [-0.3, -0.25) is 4.79 Å². The van der Waals surface area contributed by atoms with Crippen LogP contribution in [0.5, 0.6) is 0 Å². The van der Waals surface area contributed by atoms with Crippen molar-refractivity contribution in [3.05, 3.63) is 23.8 Å². The lowest BCUT2D eigenvalue weighted by Crippen LogP contribution is -2.43. The number of rotatable bonds is 4. The van der Waals surface area contributed by atoms with E-state index in [2.05, 4.69) is 18.6 Å². The first kappa shape index (κ1) is 18.9. The van der Waals surface area contributed by atoms with E-state index in [-0.39, 0.29) is 23.9 Å². The molecule has 6 heteroatoms. The summed E-state index contributed by atoms with van der Waals surface area (Å²) in [4.78, 5) is 14.8. The number of nitrogens with zero attached hydrogens (tertiary/aromatic N) is 1. The first-order valence-corrected chi connectivity index (χ1v) is 11.7. The largest absolute Gasteiger partial charge is 0.309 e. The van der Waals surface area contributed by atoms with E-state index in [1.165, 1.54) is 6.42 Å². The second-order valence-corrected chi connectivity index (χ2v) is 10.5. The Morgan fingerprint density at radius 2 is 1.85 bits per heavy atom. The minimum atomic E-state index is -3.55. The highest BCUT2D eigenvalue weighted by Crippen LogP contribution is 2.39. The van der Waals surface area contributed by atoms with Crippen molar-refractivity contribution in [1.29, 1.82) is 0 Å². The van der Waals surface area contributed by atoms with E-state index in [9.17, 15) is 13.2 Å². The van der Waals surface area contributed by atoms with Gasteiger partial charge in [0, 0.05) is 23.7 Å². The molecule has 1 aliphatic heterocycles. The fourth-order valence-electron chi connectivity index (χ4n) is 4.65. The summed E-state index contributed by atoms with van der Waals surface area (Å²) >= 11 is 0. The number of hydrogen-bond donors (Lipinski definition) is 1. The Morgan fingerprint density at radius 1 is 1.11 bits per heavy atom. The molecule has 1 heterocycles. The molecule has 0 bridgehead atoms. The maximum atomic E-state index is 13.0. The van der Waals surface area contributed by atoms with Gasteiger partial charge in [0.15, 0.2) is 0 Å². The van der Waals surface area contributed by atoms with Crippen LogP contribution >= 0.6 is 0 Å². The molecule has 2 fully saturated rings. The molecule has 0 saturated heterocycles. The Balaban J connectivity index is 1.56. The molecule has 0 radical (unpaired) electrons. The van der Waals surface area contributed by atoms with E-state index in [0.29, 0.717) is 23.2 Å². The summed E-state index contributed by atoms with van der Waals surface area (Å²) in [6.07, 6.45) is 5.81. The van der Waals surface area contributed by atoms with Crippen molar-refractivity contribution in [2.45, 2.75) is 76.3 Å². The maximum absolute atomic E-state index is 13.0. The van der Waals surface area contributed by atoms with E-state index in [0.717, 1.165) is 36.9 Å². The average Bonchev–Trinajstić information content (AvgIpc) is 3.40. The Hall–Kier alpha value is -1.40. The Bertz CT molecular complexity index is 847. The number of anilines is 1. The lowest BCUT2D eigenvalue weighted by Gasteiger charge is -2.34. The van der Waals surface area contributed by atoms with Gasteiger partial charge < -0.3 is 4.90 Å². The van der Waals surface area contributed by atoms with Crippen LogP contribution in [0.3, 0.4) is 0 Å². The number of sulfonamides is 1. The molecule has 4 atom stereocenters. The molecule has 5 nitrogen and oxygen atoms in total. The van der Waals surface area contributed by atoms with Crippen LogP contribution in [-0.4, -0.2) is 26.4 Å². The van der Waals surface area contributed by atoms with Crippen LogP contribution < -0.4 is 9.62 Å². The second-order valence-electron chi connectivity index (χ2n) is 8.82. The lowest BCUT2D eigenvalue weighted by atomic mass is 9.78. The van der Waals surface area contributed by atoms with Gasteiger partial charge in [-0.25, -0.2) is 13.1 Å². The smallest absolute Gasteiger partial charge is 0.240 e. The van der Waals surface area contributed by atoms with Gasteiger partial charge in [0.1, 0.15) is 0 Å². The molecule has 0 unspecified atom stereocenters. The molecule has 1 aromatic rings. The summed E-state index contributed by atoms with van der Waals surface area (Å²) in [6.45, 7) is 6.38. The minimum Gasteiger partial charge on any atom is -0.309 e. The number of carbonyl (C=O) groups excluding carboxylic acids is 1. The van der Waals surface area contributed by atoms with Crippen molar-refractivity contribution < 1.29 is 13.2 Å². The van der Waals surface area contributed by atoms with Gasteiger partial charge in [0.25, 0.3) is 0 Å². The average molecular weight is 391 g/mol. The zero-order valence-electron chi connectivity index (χ0n) is 16.4. The zero-order chi connectivity index (χ0) is 19.3. The predicted octanol–water partition coefficient (Wildman–Crippen LogP) is 3.48. The Morgan fingerprint density at radius 3 is 2.56 bits per heavy atom. The van der Waals surface area contributed by atoms with Gasteiger partial charge in [-0.2, -0.15) is 0 Å². The minimum absolute atomic E-state index is 0.00105. The lowest BCUT2D eigenvalue weighted by molar-refractivity contribution is -0.120. The molecule has 1 aromatic carbocycles. The Labute approximate surface area is 162 Å². The Kier molecular flexibility index (Phi) is 4.83. The summed E-state index contributed by atoms with van der Waals surface area (Å²) in [5.41, 5.74) is 1.85. The van der Waals surface area contributed by atoms with E-state index in [4.69, 9.17) is 0 Å². The van der Waals surface area contributed by atoms with E-state index in [1.54, 1.807) is 12.1 Å². The SMILES string of the molecule is C[C@@H]1[C@H](C)CCC[C@@H]1NS(=O)(=O)c1ccc2c(c1)C[C@H](C)N2C(=O)C1CC1. The molecule has 0 aromatic heterocycles. The number of nitrogens with one attached hydrogen (secondary N) is 1. The predicted molar refractivity (Wildman–Crippen MR) is 106 cm³/mol. The highest BCUT2D eigenvalue weighted by molar-refractivity contribution is 7.89. The third-order valence-corrected chi connectivity index (χ3v) is 8.24. The fourth-order valence-corrected chi connectivity index (χ4v) is 6.06. The van der Waals surface area contributed by atoms with Crippen molar-refractivity contribution in [3.8, 4) is 0 Å². The monoisotopic (exact) mass is 390 g/mol. The maximum Gasteiger partial charge on any atom is 0.240 e. The summed E-state index contributed by atoms with van der Waals surface area (Å²) < 4.78 is 28.9. The molecule has 27 heavy (non-hydrogen) atoms. The number of hydrogen-bond acceptors (Lipinski definition) is 3. The fraction of sp³-hybridized carbons (Fsp3) is 0.667. The van der Waals surface area contributed by atoms with E-state index < -0.39 is 10.0 Å². The number of fused-ring (bicyclic) bond motifs is 1. The normalized spacial score (nSPS) is 31.0. The van der Waals surface area contributed by atoms with Crippen molar-refractivity contribution in [1.82, 2.24) is 4.72 Å². The molecule has 3 aliphatic rings. The molecule has 4 rings (SSSR count). The van der Waals surface area contributed by atoms with Gasteiger partial charge in [0.05, 0.1) is 4.90 Å². The topological polar surface area (TPSA) is 66.5 Å². The van der Waals surface area contributed by atoms with Gasteiger partial charge in [-0.15, -0.1) is 0 Å². The standard InChI is InChI=1S/C21H30N2O3S/c1-13-5-4-6-19(15(13)3)22-27(25,26)18-9-10-20-17(12-18)11-14(2)23(20)21(24)16-7-8-16/h9-10,12-16,19,22H,4-8,11H2,1-3H3/t13-,14+,15-,19+/m1/s1. The van der Waals surface area contributed by atoms with E-state index in [1.807, 2.05) is 17.9 Å². The van der Waals surface area contributed by atoms with Crippen LogP contribution in [0.25, 0.3) is 0 Å². The third-order valence-electron chi connectivity index (χ3n) is 6.75. The number of benzene rings is 1. The molecular formula is C21H30N2O3S. The van der Waals surface area contributed by atoms with Crippen molar-refractivity contribution >= 4 is 21.6 Å². The van der Waals surface area contributed by atoms with Crippen LogP contribution in [0, 0.1) is 17.8 Å². The van der Waals surface area contributed by atoms with Crippen molar-refractivity contribution in [3.63, 3.8) is 0 Å². The first-order valence-electron chi connectivity index (χ1n) is 10.3. The van der Waals surface area contributed by atoms with Gasteiger partial charge in [0.2, 0.25) is 15.9 Å². The van der Waals surface area contributed by atoms with Gasteiger partial charge >= 0.3 is 0 Å². The highest BCUT2D eigenvalue weighted by atomic mass is 32.2. The summed E-state index contributed by atoms with van der Waals surface area (Å²) in [5.74, 6) is 1.24. The van der Waals surface area contributed by atoms with Crippen molar-refractivity contribution in [2.75, 3.05) is 4.90 Å². The first-order chi connectivity index (χ1) is 12.8. The zero-order valence-corrected chi connectivity index (χ0v) is 17.3. The van der Waals surface area contributed by atoms with Gasteiger partial charge in [-0.1, -0.05) is 26.7 Å².